The summed E-state index contributed by atoms with van der Waals surface area (Å²) >= 11 is 0. The van der Waals surface area contributed by atoms with E-state index >= 15 is 0 Å². The monoisotopic (exact) mass is 528 g/mol. The molecular weight excluding hydrogens is 476 g/mol. The van der Waals surface area contributed by atoms with Gasteiger partial charge in [-0.15, -0.1) is 0 Å². The van der Waals surface area contributed by atoms with Crippen LogP contribution in [0.25, 0.3) is 0 Å². The summed E-state index contributed by atoms with van der Waals surface area (Å²) in [4.78, 5) is 54.3. The van der Waals surface area contributed by atoms with E-state index in [0.29, 0.717) is 32.1 Å². The van der Waals surface area contributed by atoms with Crippen LogP contribution in [0.3, 0.4) is 0 Å². The third kappa shape index (κ3) is 12.3. The lowest BCUT2D eigenvalue weighted by molar-refractivity contribution is -0.195. The van der Waals surface area contributed by atoms with Crippen molar-refractivity contribution in [2.24, 2.45) is 11.3 Å². The number of esters is 4. The Labute approximate surface area is 224 Å². The molecule has 0 fully saturated rings. The molecule has 0 aliphatic heterocycles. The fourth-order valence-electron chi connectivity index (χ4n) is 3.99. The van der Waals surface area contributed by atoms with Gasteiger partial charge in [0.25, 0.3) is 5.41 Å². The topological polar surface area (TPSA) is 105 Å². The van der Waals surface area contributed by atoms with Crippen LogP contribution in [0.2, 0.25) is 0 Å². The molecule has 0 heterocycles. The van der Waals surface area contributed by atoms with Gasteiger partial charge in [0.2, 0.25) is 0 Å². The molecule has 0 saturated heterocycles. The van der Waals surface area contributed by atoms with Gasteiger partial charge in [0, 0.05) is 0 Å². The van der Waals surface area contributed by atoms with Crippen molar-refractivity contribution in [3.05, 3.63) is 0 Å². The predicted octanol–water partition coefficient (Wildman–Crippen LogP) is 6.32. The number of unbranched alkanes of at least 4 members (excludes halogenated alkanes) is 8. The van der Waals surface area contributed by atoms with Crippen LogP contribution >= 0.6 is 0 Å². The van der Waals surface area contributed by atoms with E-state index in [1.54, 1.807) is 0 Å². The first-order valence-corrected chi connectivity index (χ1v) is 14.6. The van der Waals surface area contributed by atoms with Crippen molar-refractivity contribution in [3.8, 4) is 0 Å². The number of carbonyl (C=O) groups is 4. The highest BCUT2D eigenvalue weighted by Crippen LogP contribution is 2.38. The molecule has 0 aromatic rings. The summed E-state index contributed by atoms with van der Waals surface area (Å²) < 4.78 is 21.9. The van der Waals surface area contributed by atoms with Crippen LogP contribution in [0.1, 0.15) is 125 Å². The van der Waals surface area contributed by atoms with Gasteiger partial charge in [-0.05, 0) is 32.1 Å². The van der Waals surface area contributed by atoms with Crippen LogP contribution in [-0.4, -0.2) is 50.3 Å². The average Bonchev–Trinajstić information content (AvgIpc) is 2.89. The SMILES string of the molecule is CCCCCOC(=O)C(CCC)C(C(=O)OCCCCC)(C(=O)OCCCCC)C(=O)OCCCCC. The van der Waals surface area contributed by atoms with Gasteiger partial charge < -0.3 is 18.9 Å². The van der Waals surface area contributed by atoms with E-state index in [1.165, 1.54) is 0 Å². The van der Waals surface area contributed by atoms with Crippen molar-refractivity contribution < 1.29 is 38.1 Å². The van der Waals surface area contributed by atoms with Crippen LogP contribution in [-0.2, 0) is 38.1 Å². The first kappa shape index (κ1) is 34.9. The summed E-state index contributed by atoms with van der Waals surface area (Å²) in [6.45, 7) is 10.1. The number of hydrogen-bond donors (Lipinski definition) is 0. The largest absolute Gasteiger partial charge is 0.465 e. The lowest BCUT2D eigenvalue weighted by atomic mass is 9.72. The number of carbonyl (C=O) groups excluding carboxylic acids is 4. The number of ether oxygens (including phenoxy) is 4. The number of hydrogen-bond acceptors (Lipinski definition) is 8. The quantitative estimate of drug-likeness (QED) is 0.0656. The van der Waals surface area contributed by atoms with Crippen molar-refractivity contribution in [2.75, 3.05) is 26.4 Å². The van der Waals surface area contributed by atoms with Crippen molar-refractivity contribution in [1.29, 1.82) is 0 Å². The van der Waals surface area contributed by atoms with Crippen molar-refractivity contribution >= 4 is 23.9 Å². The smallest absolute Gasteiger partial charge is 0.336 e. The Hall–Kier alpha value is -2.12. The van der Waals surface area contributed by atoms with E-state index in [2.05, 4.69) is 0 Å². The Balaban J connectivity index is 6.34. The average molecular weight is 529 g/mol. The van der Waals surface area contributed by atoms with Crippen molar-refractivity contribution in [3.63, 3.8) is 0 Å². The van der Waals surface area contributed by atoms with Gasteiger partial charge in [-0.1, -0.05) is 92.4 Å². The molecule has 37 heavy (non-hydrogen) atoms. The van der Waals surface area contributed by atoms with Crippen LogP contribution in [0.5, 0.6) is 0 Å². The van der Waals surface area contributed by atoms with Crippen LogP contribution in [0.4, 0.5) is 0 Å². The molecule has 0 spiro atoms. The molecule has 0 aromatic carbocycles. The second-order valence-electron chi connectivity index (χ2n) is 9.55. The Morgan fingerprint density at radius 2 is 0.811 bits per heavy atom. The lowest BCUT2D eigenvalue weighted by Gasteiger charge is -2.33. The maximum atomic E-state index is 13.7. The minimum Gasteiger partial charge on any atom is -0.465 e. The van der Waals surface area contributed by atoms with Gasteiger partial charge in [0.05, 0.1) is 32.3 Å². The first-order valence-electron chi connectivity index (χ1n) is 14.6. The van der Waals surface area contributed by atoms with Crippen LogP contribution in [0.15, 0.2) is 0 Å². The zero-order valence-electron chi connectivity index (χ0n) is 24.1. The van der Waals surface area contributed by atoms with Gasteiger partial charge in [0.1, 0.15) is 0 Å². The fourth-order valence-corrected chi connectivity index (χ4v) is 3.99. The van der Waals surface area contributed by atoms with E-state index in [9.17, 15) is 19.2 Å². The van der Waals surface area contributed by atoms with Gasteiger partial charge in [-0.2, -0.15) is 0 Å². The predicted molar refractivity (Wildman–Crippen MR) is 143 cm³/mol. The molecule has 0 radical (unpaired) electrons. The minimum absolute atomic E-state index is 0.0328. The van der Waals surface area contributed by atoms with Crippen LogP contribution < -0.4 is 0 Å². The molecule has 216 valence electrons. The maximum absolute atomic E-state index is 13.7. The van der Waals surface area contributed by atoms with Crippen LogP contribution in [0, 0.1) is 11.3 Å². The summed E-state index contributed by atoms with van der Waals surface area (Å²) in [5.41, 5.74) is -2.55. The normalized spacial score (nSPS) is 12.0. The fraction of sp³-hybridized carbons (Fsp3) is 0.862. The zero-order chi connectivity index (χ0) is 27.9. The van der Waals surface area contributed by atoms with Gasteiger partial charge >= 0.3 is 23.9 Å². The van der Waals surface area contributed by atoms with E-state index in [1.807, 2.05) is 34.6 Å². The summed E-state index contributed by atoms with van der Waals surface area (Å²) in [6, 6.07) is 0. The highest BCUT2D eigenvalue weighted by molar-refractivity contribution is 6.20. The minimum atomic E-state index is -2.55. The Morgan fingerprint density at radius 3 is 1.11 bits per heavy atom. The molecule has 0 amide bonds. The maximum Gasteiger partial charge on any atom is 0.336 e. The Kier molecular flexibility index (Phi) is 20.7. The molecule has 0 aromatic heterocycles. The highest BCUT2D eigenvalue weighted by atomic mass is 16.6. The van der Waals surface area contributed by atoms with Gasteiger partial charge in [-0.25, -0.2) is 0 Å². The molecule has 0 rings (SSSR count). The Morgan fingerprint density at radius 1 is 0.486 bits per heavy atom. The number of rotatable bonds is 23. The second-order valence-corrected chi connectivity index (χ2v) is 9.55. The summed E-state index contributed by atoms with van der Waals surface area (Å²) in [6.07, 6.45) is 9.89. The molecule has 0 aliphatic rings. The molecule has 0 saturated carbocycles. The lowest BCUT2D eigenvalue weighted by Crippen LogP contribution is -2.57. The van der Waals surface area contributed by atoms with E-state index in [0.717, 1.165) is 51.4 Å². The molecule has 0 bridgehead atoms. The summed E-state index contributed by atoms with van der Waals surface area (Å²) in [7, 11) is 0. The van der Waals surface area contributed by atoms with Crippen molar-refractivity contribution in [1.82, 2.24) is 0 Å². The molecule has 1 atom stereocenters. The van der Waals surface area contributed by atoms with E-state index in [-0.39, 0.29) is 32.8 Å². The molecule has 0 N–H and O–H groups in total. The van der Waals surface area contributed by atoms with Gasteiger partial charge in [0.15, 0.2) is 0 Å². The summed E-state index contributed by atoms with van der Waals surface area (Å²) in [5.74, 6) is -5.44. The zero-order valence-corrected chi connectivity index (χ0v) is 24.1. The van der Waals surface area contributed by atoms with E-state index in [4.69, 9.17) is 18.9 Å². The first-order chi connectivity index (χ1) is 17.9. The molecule has 8 nitrogen and oxygen atoms in total. The Bertz CT molecular complexity index is 586. The molecule has 8 heteroatoms. The summed E-state index contributed by atoms with van der Waals surface area (Å²) in [5, 5.41) is 0. The third-order valence-corrected chi connectivity index (χ3v) is 6.29. The molecular formula is C29H52O8. The third-order valence-electron chi connectivity index (χ3n) is 6.29. The van der Waals surface area contributed by atoms with Gasteiger partial charge in [-0.3, -0.25) is 19.2 Å². The standard InChI is InChI=1S/C29H52O8/c1-6-11-15-20-34-25(30)24(19-10-5)29(26(31)35-21-16-12-7-2,27(32)36-22-17-13-8-3)28(33)37-23-18-14-9-4/h24H,6-23H2,1-5H3. The highest BCUT2D eigenvalue weighted by Gasteiger charge is 2.65. The van der Waals surface area contributed by atoms with E-state index < -0.39 is 35.2 Å². The molecule has 1 unspecified atom stereocenters. The molecule has 0 aliphatic carbocycles. The second kappa shape index (κ2) is 21.9. The van der Waals surface area contributed by atoms with Crippen molar-refractivity contribution in [2.45, 2.75) is 125 Å².